The molecule has 0 heterocycles. The molecule has 0 spiro atoms. The zero-order valence-electron chi connectivity index (χ0n) is 12.0. The lowest BCUT2D eigenvalue weighted by Crippen LogP contribution is -2.14. The monoisotopic (exact) mass is 285 g/mol. The van der Waals surface area contributed by atoms with E-state index < -0.39 is 0 Å². The van der Waals surface area contributed by atoms with Crippen LogP contribution in [-0.4, -0.2) is 19.3 Å². The van der Waals surface area contributed by atoms with Crippen molar-refractivity contribution in [1.82, 2.24) is 0 Å². The van der Waals surface area contributed by atoms with Crippen molar-refractivity contribution in [2.75, 3.05) is 13.2 Å². The van der Waals surface area contributed by atoms with E-state index >= 15 is 0 Å². The van der Waals surface area contributed by atoms with Gasteiger partial charge in [-0.05, 0) is 51.7 Å². The van der Waals surface area contributed by atoms with E-state index in [1.807, 2.05) is 32.9 Å². The Hall–Kier alpha value is -0.930. The van der Waals surface area contributed by atoms with Crippen LogP contribution >= 0.6 is 11.6 Å². The third-order valence-electron chi connectivity index (χ3n) is 2.82. The minimum absolute atomic E-state index is 0.229. The molecule has 4 heteroatoms. The SMILES string of the molecule is CCOc1cc(Cl)c(CCCC(C)N)cc1OCC. The molecule has 1 aromatic rings. The number of benzene rings is 1. The molecule has 19 heavy (non-hydrogen) atoms. The van der Waals surface area contributed by atoms with E-state index in [0.29, 0.717) is 19.0 Å². The van der Waals surface area contributed by atoms with Gasteiger partial charge in [-0.2, -0.15) is 0 Å². The molecule has 1 atom stereocenters. The largest absolute Gasteiger partial charge is 0.490 e. The average molecular weight is 286 g/mol. The first kappa shape index (κ1) is 16.1. The third-order valence-corrected chi connectivity index (χ3v) is 3.17. The molecule has 0 amide bonds. The number of rotatable bonds is 8. The van der Waals surface area contributed by atoms with Gasteiger partial charge in [0.2, 0.25) is 0 Å². The number of aryl methyl sites for hydroxylation is 1. The van der Waals surface area contributed by atoms with Crippen molar-refractivity contribution in [1.29, 1.82) is 0 Å². The molecule has 3 nitrogen and oxygen atoms in total. The molecular formula is C15H24ClNO2. The summed E-state index contributed by atoms with van der Waals surface area (Å²) in [5.41, 5.74) is 6.85. The number of nitrogens with two attached hydrogens (primary N) is 1. The number of halogens is 1. The maximum Gasteiger partial charge on any atom is 0.162 e. The molecule has 0 aromatic heterocycles. The fourth-order valence-electron chi connectivity index (χ4n) is 1.92. The first-order chi connectivity index (χ1) is 9.08. The fraction of sp³-hybridized carbons (Fsp3) is 0.600. The van der Waals surface area contributed by atoms with Crippen LogP contribution in [0.5, 0.6) is 11.5 Å². The van der Waals surface area contributed by atoms with Gasteiger partial charge in [-0.15, -0.1) is 0 Å². The van der Waals surface area contributed by atoms with E-state index in [1.165, 1.54) is 0 Å². The summed E-state index contributed by atoms with van der Waals surface area (Å²) in [5.74, 6) is 1.48. The van der Waals surface area contributed by atoms with Gasteiger partial charge in [-0.3, -0.25) is 0 Å². The lowest BCUT2D eigenvalue weighted by atomic mass is 10.1. The summed E-state index contributed by atoms with van der Waals surface area (Å²) in [5, 5.41) is 0.733. The lowest BCUT2D eigenvalue weighted by molar-refractivity contribution is 0.287. The Bertz CT molecular complexity index is 394. The highest BCUT2D eigenvalue weighted by molar-refractivity contribution is 6.31. The Kier molecular flexibility index (Phi) is 7.03. The maximum absolute atomic E-state index is 6.29. The summed E-state index contributed by atoms with van der Waals surface area (Å²) in [6.07, 6.45) is 2.93. The first-order valence-corrected chi connectivity index (χ1v) is 7.29. The molecule has 0 aliphatic rings. The smallest absolute Gasteiger partial charge is 0.162 e. The van der Waals surface area contributed by atoms with Crippen molar-refractivity contribution in [2.45, 2.75) is 46.1 Å². The van der Waals surface area contributed by atoms with Crippen molar-refractivity contribution in [2.24, 2.45) is 5.73 Å². The quantitative estimate of drug-likeness (QED) is 0.790. The van der Waals surface area contributed by atoms with E-state index in [1.54, 1.807) is 0 Å². The second-order valence-corrected chi connectivity index (χ2v) is 5.03. The second-order valence-electron chi connectivity index (χ2n) is 4.63. The normalized spacial score (nSPS) is 12.3. The van der Waals surface area contributed by atoms with Crippen molar-refractivity contribution < 1.29 is 9.47 Å². The van der Waals surface area contributed by atoms with Crippen LogP contribution in [0.4, 0.5) is 0 Å². The van der Waals surface area contributed by atoms with E-state index in [9.17, 15) is 0 Å². The predicted molar refractivity (Wildman–Crippen MR) is 80.4 cm³/mol. The molecular weight excluding hydrogens is 262 g/mol. The standard InChI is InChI=1S/C15H24ClNO2/c1-4-18-14-9-12(8-6-7-11(3)17)13(16)10-15(14)19-5-2/h9-11H,4-8,17H2,1-3H3. The highest BCUT2D eigenvalue weighted by Crippen LogP contribution is 2.34. The highest BCUT2D eigenvalue weighted by Gasteiger charge is 2.11. The van der Waals surface area contributed by atoms with Gasteiger partial charge < -0.3 is 15.2 Å². The summed E-state index contributed by atoms with van der Waals surface area (Å²) in [4.78, 5) is 0. The molecule has 0 aliphatic carbocycles. The predicted octanol–water partition coefficient (Wildman–Crippen LogP) is 3.81. The zero-order chi connectivity index (χ0) is 14.3. The second kappa shape index (κ2) is 8.28. The maximum atomic E-state index is 6.29. The summed E-state index contributed by atoms with van der Waals surface area (Å²) < 4.78 is 11.1. The van der Waals surface area contributed by atoms with Crippen molar-refractivity contribution in [3.63, 3.8) is 0 Å². The van der Waals surface area contributed by atoms with Gasteiger partial charge in [-0.25, -0.2) is 0 Å². The molecule has 108 valence electrons. The van der Waals surface area contributed by atoms with Crippen LogP contribution in [0.15, 0.2) is 12.1 Å². The van der Waals surface area contributed by atoms with Crippen molar-refractivity contribution in [3.8, 4) is 11.5 Å². The molecule has 1 aromatic carbocycles. The van der Waals surface area contributed by atoms with Gasteiger partial charge in [0.1, 0.15) is 0 Å². The van der Waals surface area contributed by atoms with E-state index in [-0.39, 0.29) is 6.04 Å². The summed E-state index contributed by atoms with van der Waals surface area (Å²) in [6, 6.07) is 4.06. The number of hydrogen-bond acceptors (Lipinski definition) is 3. The summed E-state index contributed by atoms with van der Waals surface area (Å²) in [7, 11) is 0. The topological polar surface area (TPSA) is 44.5 Å². The van der Waals surface area contributed by atoms with E-state index in [4.69, 9.17) is 26.8 Å². The Balaban J connectivity index is 2.83. The van der Waals surface area contributed by atoms with Crippen LogP contribution in [0.25, 0.3) is 0 Å². The van der Waals surface area contributed by atoms with Crippen molar-refractivity contribution in [3.05, 3.63) is 22.7 Å². The Morgan fingerprint density at radius 3 is 2.26 bits per heavy atom. The Morgan fingerprint density at radius 1 is 1.16 bits per heavy atom. The van der Waals surface area contributed by atoms with Crippen molar-refractivity contribution >= 4 is 11.6 Å². The van der Waals surface area contributed by atoms with E-state index in [0.717, 1.165) is 35.6 Å². The average Bonchev–Trinajstić information content (AvgIpc) is 2.34. The number of hydrogen-bond donors (Lipinski definition) is 1. The zero-order valence-corrected chi connectivity index (χ0v) is 12.8. The Morgan fingerprint density at radius 2 is 1.74 bits per heavy atom. The van der Waals surface area contributed by atoms with Gasteiger partial charge in [0, 0.05) is 17.1 Å². The van der Waals surface area contributed by atoms with E-state index in [2.05, 4.69) is 0 Å². The van der Waals surface area contributed by atoms with Crippen LogP contribution in [0.1, 0.15) is 39.2 Å². The van der Waals surface area contributed by atoms with Crippen LogP contribution in [0, 0.1) is 0 Å². The van der Waals surface area contributed by atoms with Crippen LogP contribution < -0.4 is 15.2 Å². The van der Waals surface area contributed by atoms with Gasteiger partial charge >= 0.3 is 0 Å². The lowest BCUT2D eigenvalue weighted by Gasteiger charge is -2.14. The molecule has 0 saturated heterocycles. The summed E-state index contributed by atoms with van der Waals surface area (Å²) >= 11 is 6.29. The molecule has 0 saturated carbocycles. The molecule has 0 bridgehead atoms. The van der Waals surface area contributed by atoms with Gasteiger partial charge in [-0.1, -0.05) is 11.6 Å². The fourth-order valence-corrected chi connectivity index (χ4v) is 2.17. The van der Waals surface area contributed by atoms with Gasteiger partial charge in [0.05, 0.1) is 13.2 Å². The molecule has 0 radical (unpaired) electrons. The van der Waals surface area contributed by atoms with Gasteiger partial charge in [0.25, 0.3) is 0 Å². The molecule has 0 aliphatic heterocycles. The van der Waals surface area contributed by atoms with Crippen LogP contribution in [-0.2, 0) is 6.42 Å². The molecule has 0 fully saturated rings. The molecule has 2 N–H and O–H groups in total. The minimum Gasteiger partial charge on any atom is -0.490 e. The minimum atomic E-state index is 0.229. The molecule has 1 unspecified atom stereocenters. The van der Waals surface area contributed by atoms with Crippen LogP contribution in [0.3, 0.4) is 0 Å². The molecule has 1 rings (SSSR count). The van der Waals surface area contributed by atoms with Crippen LogP contribution in [0.2, 0.25) is 5.02 Å². The Labute approximate surface area is 121 Å². The van der Waals surface area contributed by atoms with Gasteiger partial charge in [0.15, 0.2) is 11.5 Å². The highest BCUT2D eigenvalue weighted by atomic mass is 35.5. The first-order valence-electron chi connectivity index (χ1n) is 6.92. The third kappa shape index (κ3) is 5.29. The number of ether oxygens (including phenoxy) is 2. The summed E-state index contributed by atoms with van der Waals surface area (Å²) in [6.45, 7) is 7.13.